The quantitative estimate of drug-likeness (QED) is 0.648. The van der Waals surface area contributed by atoms with Gasteiger partial charge in [0, 0.05) is 16.3 Å². The van der Waals surface area contributed by atoms with Crippen LogP contribution >= 0.6 is 11.6 Å². The minimum absolute atomic E-state index is 0.462. The van der Waals surface area contributed by atoms with Gasteiger partial charge in [0.2, 0.25) is 0 Å². The molecule has 104 valence electrons. The summed E-state index contributed by atoms with van der Waals surface area (Å²) < 4.78 is 0. The van der Waals surface area contributed by atoms with Crippen LogP contribution in [0.4, 0.5) is 0 Å². The molecular weight excluding hydrogens is 280 g/mol. The second kappa shape index (κ2) is 5.12. The SMILES string of the molecule is Clc1nnc(-c2cccc(C3CCC3)c2)c2ccccc12. The smallest absolute Gasteiger partial charge is 0.148 e. The van der Waals surface area contributed by atoms with E-state index in [0.29, 0.717) is 5.15 Å². The van der Waals surface area contributed by atoms with E-state index < -0.39 is 0 Å². The van der Waals surface area contributed by atoms with Crippen LogP contribution < -0.4 is 0 Å². The number of rotatable bonds is 2. The first-order chi connectivity index (χ1) is 10.3. The third-order valence-electron chi connectivity index (χ3n) is 4.38. The molecular formula is C18H15ClN2. The maximum Gasteiger partial charge on any atom is 0.159 e. The zero-order chi connectivity index (χ0) is 14.2. The van der Waals surface area contributed by atoms with E-state index in [1.165, 1.54) is 24.8 Å². The zero-order valence-electron chi connectivity index (χ0n) is 11.6. The lowest BCUT2D eigenvalue weighted by molar-refractivity contribution is 0.420. The van der Waals surface area contributed by atoms with Gasteiger partial charge in [-0.3, -0.25) is 0 Å². The second-order valence-corrected chi connectivity index (χ2v) is 6.00. The Morgan fingerprint density at radius 2 is 1.71 bits per heavy atom. The molecule has 1 saturated carbocycles. The standard InChI is InChI=1S/C18H15ClN2/c19-18-16-10-2-1-9-15(16)17(20-21-18)14-8-4-7-13(11-14)12-5-3-6-12/h1-2,4,7-12H,3,5-6H2. The number of halogens is 1. The Hall–Kier alpha value is -1.93. The number of aromatic nitrogens is 2. The van der Waals surface area contributed by atoms with Crippen LogP contribution in [0.25, 0.3) is 22.0 Å². The molecule has 0 unspecified atom stereocenters. The molecule has 0 bridgehead atoms. The van der Waals surface area contributed by atoms with E-state index >= 15 is 0 Å². The maximum absolute atomic E-state index is 6.16. The van der Waals surface area contributed by atoms with Gasteiger partial charge in [0.1, 0.15) is 5.69 Å². The lowest BCUT2D eigenvalue weighted by atomic mass is 9.79. The number of hydrogen-bond donors (Lipinski definition) is 0. The molecule has 4 rings (SSSR count). The van der Waals surface area contributed by atoms with Gasteiger partial charge in [-0.05, 0) is 30.4 Å². The highest BCUT2D eigenvalue weighted by molar-refractivity contribution is 6.34. The normalized spacial score (nSPS) is 15.1. The molecule has 0 atom stereocenters. The summed E-state index contributed by atoms with van der Waals surface area (Å²) in [4.78, 5) is 0. The van der Waals surface area contributed by atoms with E-state index in [4.69, 9.17) is 11.6 Å². The van der Waals surface area contributed by atoms with Crippen LogP contribution in [0, 0.1) is 0 Å². The van der Waals surface area contributed by atoms with Crippen LogP contribution in [0.2, 0.25) is 5.15 Å². The second-order valence-electron chi connectivity index (χ2n) is 5.64. The van der Waals surface area contributed by atoms with Gasteiger partial charge in [-0.1, -0.05) is 60.5 Å². The van der Waals surface area contributed by atoms with Gasteiger partial charge in [-0.15, -0.1) is 10.2 Å². The van der Waals surface area contributed by atoms with Crippen LogP contribution in [-0.4, -0.2) is 10.2 Å². The molecule has 1 aromatic heterocycles. The van der Waals surface area contributed by atoms with Crippen molar-refractivity contribution in [2.45, 2.75) is 25.2 Å². The first-order valence-electron chi connectivity index (χ1n) is 7.34. The minimum atomic E-state index is 0.462. The molecule has 0 spiro atoms. The van der Waals surface area contributed by atoms with Crippen LogP contribution in [0.15, 0.2) is 48.5 Å². The van der Waals surface area contributed by atoms with Gasteiger partial charge in [-0.25, -0.2) is 0 Å². The minimum Gasteiger partial charge on any atom is -0.148 e. The van der Waals surface area contributed by atoms with Crippen molar-refractivity contribution >= 4 is 22.4 Å². The summed E-state index contributed by atoms with van der Waals surface area (Å²) in [6.45, 7) is 0. The fourth-order valence-corrected chi connectivity index (χ4v) is 3.17. The maximum atomic E-state index is 6.16. The van der Waals surface area contributed by atoms with Crippen LogP contribution in [-0.2, 0) is 0 Å². The number of benzene rings is 2. The molecule has 3 aromatic rings. The molecule has 0 saturated heterocycles. The Labute approximate surface area is 128 Å². The molecule has 1 fully saturated rings. The Kier molecular flexibility index (Phi) is 3.12. The van der Waals surface area contributed by atoms with E-state index in [1.54, 1.807) is 0 Å². The molecule has 2 nitrogen and oxygen atoms in total. The summed E-state index contributed by atoms with van der Waals surface area (Å²) in [5, 5.41) is 10.9. The monoisotopic (exact) mass is 294 g/mol. The van der Waals surface area contributed by atoms with Crippen LogP contribution in [0.3, 0.4) is 0 Å². The van der Waals surface area contributed by atoms with Crippen molar-refractivity contribution in [3.05, 3.63) is 59.2 Å². The van der Waals surface area contributed by atoms with Gasteiger partial charge in [-0.2, -0.15) is 0 Å². The third kappa shape index (κ3) is 2.20. The van der Waals surface area contributed by atoms with Crippen molar-refractivity contribution in [2.75, 3.05) is 0 Å². The van der Waals surface area contributed by atoms with Gasteiger partial charge in [0.25, 0.3) is 0 Å². The van der Waals surface area contributed by atoms with Gasteiger partial charge >= 0.3 is 0 Å². The third-order valence-corrected chi connectivity index (χ3v) is 4.66. The van der Waals surface area contributed by atoms with E-state index in [-0.39, 0.29) is 0 Å². The molecule has 1 aliphatic carbocycles. The fourth-order valence-electron chi connectivity index (χ4n) is 2.97. The largest absolute Gasteiger partial charge is 0.159 e. The van der Waals surface area contributed by atoms with Crippen molar-refractivity contribution in [1.29, 1.82) is 0 Å². The number of fused-ring (bicyclic) bond motifs is 1. The van der Waals surface area contributed by atoms with E-state index in [2.05, 4.69) is 40.5 Å². The Morgan fingerprint density at radius 1 is 0.905 bits per heavy atom. The van der Waals surface area contributed by atoms with Crippen molar-refractivity contribution < 1.29 is 0 Å². The van der Waals surface area contributed by atoms with Crippen molar-refractivity contribution in [3.8, 4) is 11.3 Å². The summed E-state index contributed by atoms with van der Waals surface area (Å²) in [7, 11) is 0. The predicted molar refractivity (Wildman–Crippen MR) is 86.6 cm³/mol. The Bertz CT molecular complexity index is 809. The predicted octanol–water partition coefficient (Wildman–Crippen LogP) is 5.22. The molecule has 1 heterocycles. The summed E-state index contributed by atoms with van der Waals surface area (Å²) in [5.41, 5.74) is 3.45. The van der Waals surface area contributed by atoms with Crippen LogP contribution in [0.5, 0.6) is 0 Å². The summed E-state index contributed by atoms with van der Waals surface area (Å²) >= 11 is 6.16. The van der Waals surface area contributed by atoms with Crippen LogP contribution in [0.1, 0.15) is 30.7 Å². The molecule has 0 aliphatic heterocycles. The van der Waals surface area contributed by atoms with E-state index in [0.717, 1.165) is 27.9 Å². The van der Waals surface area contributed by atoms with Crippen molar-refractivity contribution in [1.82, 2.24) is 10.2 Å². The van der Waals surface area contributed by atoms with E-state index in [1.807, 2.05) is 18.2 Å². The average molecular weight is 295 g/mol. The van der Waals surface area contributed by atoms with E-state index in [9.17, 15) is 0 Å². The number of nitrogens with zero attached hydrogens (tertiary/aromatic N) is 2. The number of hydrogen-bond acceptors (Lipinski definition) is 2. The highest BCUT2D eigenvalue weighted by Crippen LogP contribution is 2.38. The highest BCUT2D eigenvalue weighted by Gasteiger charge is 2.20. The average Bonchev–Trinajstić information content (AvgIpc) is 2.46. The molecule has 0 amide bonds. The lowest BCUT2D eigenvalue weighted by Gasteiger charge is -2.26. The summed E-state index contributed by atoms with van der Waals surface area (Å²) in [5.74, 6) is 0.719. The zero-order valence-corrected chi connectivity index (χ0v) is 12.3. The molecule has 0 N–H and O–H groups in total. The molecule has 0 radical (unpaired) electrons. The molecule has 2 aromatic carbocycles. The Balaban J connectivity index is 1.88. The first kappa shape index (κ1) is 12.8. The fraction of sp³-hybridized carbons (Fsp3) is 0.222. The molecule has 1 aliphatic rings. The van der Waals surface area contributed by atoms with Crippen molar-refractivity contribution in [3.63, 3.8) is 0 Å². The summed E-state index contributed by atoms with van der Waals surface area (Å²) in [6.07, 6.45) is 3.95. The molecule has 3 heteroatoms. The van der Waals surface area contributed by atoms with Gasteiger partial charge in [0.05, 0.1) is 0 Å². The van der Waals surface area contributed by atoms with Gasteiger partial charge in [0.15, 0.2) is 5.15 Å². The first-order valence-corrected chi connectivity index (χ1v) is 7.72. The highest BCUT2D eigenvalue weighted by atomic mass is 35.5. The lowest BCUT2D eigenvalue weighted by Crippen LogP contribution is -2.08. The topological polar surface area (TPSA) is 25.8 Å². The Morgan fingerprint density at radius 3 is 2.48 bits per heavy atom. The molecule has 21 heavy (non-hydrogen) atoms. The summed E-state index contributed by atoms with van der Waals surface area (Å²) in [6, 6.07) is 16.7. The van der Waals surface area contributed by atoms with Gasteiger partial charge < -0.3 is 0 Å². The van der Waals surface area contributed by atoms with Crippen molar-refractivity contribution in [2.24, 2.45) is 0 Å².